The summed E-state index contributed by atoms with van der Waals surface area (Å²) < 4.78 is 0. The number of amides is 2. The van der Waals surface area contributed by atoms with Gasteiger partial charge in [0.1, 0.15) is 4.88 Å². The number of hydrogen-bond donors (Lipinski definition) is 2. The number of hydrogen-bond acceptors (Lipinski definition) is 3. The van der Waals surface area contributed by atoms with Crippen LogP contribution in [0.5, 0.6) is 0 Å². The number of carbonyl (C=O) groups is 2. The lowest BCUT2D eigenvalue weighted by molar-refractivity contribution is -0.115. The smallest absolute Gasteiger partial charge is 0.260 e. The van der Waals surface area contributed by atoms with Crippen molar-refractivity contribution in [2.75, 3.05) is 5.32 Å². The maximum Gasteiger partial charge on any atom is 0.260 e. The Morgan fingerprint density at radius 1 is 1.62 bits per heavy atom. The molecule has 1 aromatic rings. The summed E-state index contributed by atoms with van der Waals surface area (Å²) in [6.07, 6.45) is 0.383. The van der Waals surface area contributed by atoms with Crippen LogP contribution in [0.3, 0.4) is 0 Å². The molecule has 3 N–H and O–H groups in total. The average molecular weight is 198 g/mol. The lowest BCUT2D eigenvalue weighted by Crippen LogP contribution is -2.15. The van der Waals surface area contributed by atoms with Gasteiger partial charge in [-0.25, -0.2) is 0 Å². The van der Waals surface area contributed by atoms with Crippen molar-refractivity contribution in [3.8, 4) is 0 Å². The van der Waals surface area contributed by atoms with Crippen molar-refractivity contribution in [3.63, 3.8) is 0 Å². The molecular weight excluding hydrogens is 188 g/mol. The molecule has 0 aliphatic carbocycles. The summed E-state index contributed by atoms with van der Waals surface area (Å²) >= 11 is 1.22. The fourth-order valence-electron chi connectivity index (χ4n) is 0.837. The third kappa shape index (κ3) is 2.29. The fourth-order valence-corrected chi connectivity index (χ4v) is 1.54. The Balaban J connectivity index is 2.82. The summed E-state index contributed by atoms with van der Waals surface area (Å²) in [5, 5.41) is 4.31. The topological polar surface area (TPSA) is 72.2 Å². The van der Waals surface area contributed by atoms with Crippen molar-refractivity contribution in [2.24, 2.45) is 5.73 Å². The van der Waals surface area contributed by atoms with Crippen molar-refractivity contribution in [3.05, 3.63) is 16.3 Å². The molecule has 0 saturated carbocycles. The zero-order valence-corrected chi connectivity index (χ0v) is 7.98. The van der Waals surface area contributed by atoms with Crippen LogP contribution in [0.1, 0.15) is 23.0 Å². The second-order valence-corrected chi connectivity index (χ2v) is 3.35. The summed E-state index contributed by atoms with van der Waals surface area (Å²) in [5.41, 5.74) is 5.60. The van der Waals surface area contributed by atoms with Gasteiger partial charge in [0.15, 0.2) is 0 Å². The van der Waals surface area contributed by atoms with Gasteiger partial charge < -0.3 is 11.1 Å². The quantitative estimate of drug-likeness (QED) is 0.765. The molecule has 0 spiro atoms. The molecule has 13 heavy (non-hydrogen) atoms. The minimum atomic E-state index is -0.513. The largest absolute Gasteiger partial charge is 0.365 e. The Kier molecular flexibility index (Phi) is 3.02. The van der Waals surface area contributed by atoms with E-state index >= 15 is 0 Å². The predicted octanol–water partition coefficient (Wildman–Crippen LogP) is 1.20. The molecule has 0 bridgehead atoms. The first-order valence-electron chi connectivity index (χ1n) is 3.82. The van der Waals surface area contributed by atoms with Crippen molar-refractivity contribution in [1.29, 1.82) is 0 Å². The van der Waals surface area contributed by atoms with Crippen LogP contribution in [0, 0.1) is 0 Å². The van der Waals surface area contributed by atoms with Crippen LogP contribution in [-0.4, -0.2) is 11.8 Å². The van der Waals surface area contributed by atoms with Crippen molar-refractivity contribution in [2.45, 2.75) is 13.3 Å². The molecule has 0 unspecified atom stereocenters. The molecule has 1 aromatic heterocycles. The lowest BCUT2D eigenvalue weighted by Gasteiger charge is -2.01. The van der Waals surface area contributed by atoms with E-state index in [2.05, 4.69) is 5.32 Å². The number of primary amides is 1. The van der Waals surface area contributed by atoms with Gasteiger partial charge in [0, 0.05) is 6.42 Å². The van der Waals surface area contributed by atoms with E-state index in [-0.39, 0.29) is 5.91 Å². The van der Waals surface area contributed by atoms with Gasteiger partial charge in [-0.05, 0) is 11.4 Å². The highest BCUT2D eigenvalue weighted by Gasteiger charge is 2.10. The molecular formula is C8H10N2O2S. The van der Waals surface area contributed by atoms with Crippen LogP contribution in [0.2, 0.25) is 0 Å². The molecule has 2 amide bonds. The Labute approximate surface area is 79.7 Å². The van der Waals surface area contributed by atoms with Gasteiger partial charge in [0.25, 0.3) is 5.91 Å². The van der Waals surface area contributed by atoms with Gasteiger partial charge in [0.05, 0.1) is 5.69 Å². The molecule has 70 valence electrons. The number of nitrogens with two attached hydrogens (primary N) is 1. The van der Waals surface area contributed by atoms with E-state index < -0.39 is 5.91 Å². The molecule has 0 aliphatic rings. The molecule has 0 saturated heterocycles. The van der Waals surface area contributed by atoms with E-state index in [1.165, 1.54) is 11.3 Å². The second-order valence-electron chi connectivity index (χ2n) is 2.43. The van der Waals surface area contributed by atoms with E-state index in [1.807, 2.05) is 0 Å². The highest BCUT2D eigenvalue weighted by molar-refractivity contribution is 7.12. The van der Waals surface area contributed by atoms with Crippen molar-refractivity contribution < 1.29 is 9.59 Å². The Hall–Kier alpha value is -1.36. The molecule has 0 atom stereocenters. The number of carbonyl (C=O) groups excluding carboxylic acids is 2. The summed E-state index contributed by atoms with van der Waals surface area (Å²) in [6.45, 7) is 1.74. The molecule has 0 radical (unpaired) electrons. The second kappa shape index (κ2) is 4.04. The highest BCUT2D eigenvalue weighted by Crippen LogP contribution is 2.21. The minimum absolute atomic E-state index is 0.124. The Morgan fingerprint density at radius 2 is 2.31 bits per heavy atom. The molecule has 4 nitrogen and oxygen atoms in total. The lowest BCUT2D eigenvalue weighted by atomic mass is 10.3. The molecule has 0 aromatic carbocycles. The van der Waals surface area contributed by atoms with Crippen LogP contribution in [0.15, 0.2) is 11.4 Å². The van der Waals surface area contributed by atoms with Gasteiger partial charge in [-0.3, -0.25) is 9.59 Å². The van der Waals surface area contributed by atoms with E-state index in [0.29, 0.717) is 17.0 Å². The fraction of sp³-hybridized carbons (Fsp3) is 0.250. The molecule has 5 heteroatoms. The van der Waals surface area contributed by atoms with Gasteiger partial charge in [-0.15, -0.1) is 11.3 Å². The predicted molar refractivity (Wildman–Crippen MR) is 51.8 cm³/mol. The Morgan fingerprint density at radius 3 is 2.85 bits per heavy atom. The van der Waals surface area contributed by atoms with E-state index in [1.54, 1.807) is 18.4 Å². The summed E-state index contributed by atoms with van der Waals surface area (Å²) in [4.78, 5) is 22.2. The third-order valence-corrected chi connectivity index (χ3v) is 2.41. The van der Waals surface area contributed by atoms with Crippen LogP contribution in [-0.2, 0) is 4.79 Å². The van der Waals surface area contributed by atoms with E-state index in [9.17, 15) is 9.59 Å². The van der Waals surface area contributed by atoms with Gasteiger partial charge >= 0.3 is 0 Å². The van der Waals surface area contributed by atoms with Crippen molar-refractivity contribution in [1.82, 2.24) is 0 Å². The van der Waals surface area contributed by atoms with Gasteiger partial charge in [-0.1, -0.05) is 6.92 Å². The standard InChI is InChI=1S/C8H10N2O2S/c1-2-6(11)10-5-3-4-13-7(5)8(9)12/h3-4H,2H2,1H3,(H2,9,12)(H,10,11). The molecule has 0 aliphatic heterocycles. The minimum Gasteiger partial charge on any atom is -0.365 e. The zero-order chi connectivity index (χ0) is 9.84. The van der Waals surface area contributed by atoms with Crippen molar-refractivity contribution >= 4 is 28.8 Å². The molecule has 1 heterocycles. The first kappa shape index (κ1) is 9.73. The number of rotatable bonds is 3. The molecule has 0 fully saturated rings. The normalized spacial score (nSPS) is 9.62. The summed E-state index contributed by atoms with van der Waals surface area (Å²) in [5.74, 6) is -0.637. The van der Waals surface area contributed by atoms with Crippen LogP contribution in [0.25, 0.3) is 0 Å². The first-order chi connectivity index (χ1) is 6.15. The number of thiophene rings is 1. The maximum atomic E-state index is 11.0. The summed E-state index contributed by atoms with van der Waals surface area (Å²) in [7, 11) is 0. The monoisotopic (exact) mass is 198 g/mol. The average Bonchev–Trinajstić information content (AvgIpc) is 2.52. The molecule has 1 rings (SSSR count). The van der Waals surface area contributed by atoms with Gasteiger partial charge in [0.2, 0.25) is 5.91 Å². The highest BCUT2D eigenvalue weighted by atomic mass is 32.1. The van der Waals surface area contributed by atoms with E-state index in [4.69, 9.17) is 5.73 Å². The first-order valence-corrected chi connectivity index (χ1v) is 4.70. The number of nitrogens with one attached hydrogen (secondary N) is 1. The SMILES string of the molecule is CCC(=O)Nc1ccsc1C(N)=O. The number of anilines is 1. The van der Waals surface area contributed by atoms with Crippen LogP contribution in [0.4, 0.5) is 5.69 Å². The van der Waals surface area contributed by atoms with E-state index in [0.717, 1.165) is 0 Å². The summed E-state index contributed by atoms with van der Waals surface area (Å²) in [6, 6.07) is 1.66. The maximum absolute atomic E-state index is 11.0. The Bertz CT molecular complexity index is 333. The third-order valence-electron chi connectivity index (χ3n) is 1.48. The van der Waals surface area contributed by atoms with Crippen LogP contribution < -0.4 is 11.1 Å². The zero-order valence-electron chi connectivity index (χ0n) is 7.16. The van der Waals surface area contributed by atoms with Gasteiger partial charge in [-0.2, -0.15) is 0 Å². The van der Waals surface area contributed by atoms with Crippen LogP contribution >= 0.6 is 11.3 Å².